The van der Waals surface area contributed by atoms with E-state index in [0.29, 0.717) is 89.1 Å². The maximum atomic E-state index is 8.49. The molecule has 0 unspecified atom stereocenters. The average Bonchev–Trinajstić information content (AvgIpc) is 3.50. The number of nitrogens with one attached hydrogen (secondary N) is 2. The van der Waals surface area contributed by atoms with Gasteiger partial charge in [0.2, 0.25) is 6.33 Å². The molecule has 0 spiro atoms. The molecular formula is C25H33ClN2O11. The summed E-state index contributed by atoms with van der Waals surface area (Å²) in [5.41, 5.74) is 0. The largest absolute Gasteiger partial charge is 0.487 e. The van der Waals surface area contributed by atoms with Gasteiger partial charge in [0.15, 0.2) is 23.0 Å². The molecule has 13 nitrogen and oxygen atoms in total. The summed E-state index contributed by atoms with van der Waals surface area (Å²) in [4.78, 5) is 5.61. The number of imidazole rings is 1. The zero-order valence-corrected chi connectivity index (χ0v) is 22.0. The molecule has 1 aromatic heterocycles. The van der Waals surface area contributed by atoms with Crippen molar-refractivity contribution in [3.05, 3.63) is 67.3 Å². The number of ether oxygens (including phenoxy) is 7. The standard InChI is InChI=1S/C22H28O7.C3H4N2.ClHO4/c1-3-7-21-19(5-1)26-15-11-23-9-10-24-12-16-27-20-6-2-4-8-22(20)29-18-14-25-13-17-28-21;1-2-5-3-4-1;2-1(3,4)5/h1-8H,9-18H2;1-3H,(H,4,5);(H,2,3,4,5). The van der Waals surface area contributed by atoms with Crippen LogP contribution in [0.25, 0.3) is 0 Å². The summed E-state index contributed by atoms with van der Waals surface area (Å²) in [7, 11) is -4.94. The van der Waals surface area contributed by atoms with Gasteiger partial charge in [0.05, 0.1) is 39.6 Å². The third-order valence-electron chi connectivity index (χ3n) is 4.45. The van der Waals surface area contributed by atoms with E-state index in [-0.39, 0.29) is 0 Å². The molecule has 2 heterocycles. The third-order valence-corrected chi connectivity index (χ3v) is 4.45. The predicted molar refractivity (Wildman–Crippen MR) is 125 cm³/mol. The first-order chi connectivity index (χ1) is 18.9. The number of benzene rings is 2. The van der Waals surface area contributed by atoms with E-state index in [1.54, 1.807) is 6.33 Å². The Morgan fingerprint density at radius 3 is 1.08 bits per heavy atom. The first-order valence-electron chi connectivity index (χ1n) is 12.0. The third kappa shape index (κ3) is 17.1. The van der Waals surface area contributed by atoms with Gasteiger partial charge >= 0.3 is 0 Å². The van der Waals surface area contributed by atoms with E-state index in [1.165, 1.54) is 0 Å². The fourth-order valence-electron chi connectivity index (χ4n) is 2.88. The Labute approximate surface area is 228 Å². The Morgan fingerprint density at radius 2 is 0.846 bits per heavy atom. The summed E-state index contributed by atoms with van der Waals surface area (Å²) in [6.45, 7) is 4.58. The highest BCUT2D eigenvalue weighted by Gasteiger charge is 2.06. The lowest BCUT2D eigenvalue weighted by Gasteiger charge is -2.17. The molecule has 0 saturated heterocycles. The molecule has 0 aliphatic carbocycles. The number of halogens is 1. The maximum Gasteiger partial charge on any atom is 0.239 e. The van der Waals surface area contributed by atoms with Crippen molar-refractivity contribution < 1.29 is 67.0 Å². The minimum Gasteiger partial charge on any atom is -0.487 e. The van der Waals surface area contributed by atoms with Crippen LogP contribution >= 0.6 is 0 Å². The van der Waals surface area contributed by atoms with Crippen molar-refractivity contribution in [2.75, 3.05) is 66.1 Å². The van der Waals surface area contributed by atoms with Gasteiger partial charge in [0.25, 0.3) is 0 Å². The van der Waals surface area contributed by atoms with Crippen molar-refractivity contribution in [1.29, 1.82) is 0 Å². The smallest absolute Gasteiger partial charge is 0.239 e. The molecule has 1 aliphatic rings. The fraction of sp³-hybridized carbons (Fsp3) is 0.400. The van der Waals surface area contributed by atoms with Crippen molar-refractivity contribution in [1.82, 2.24) is 4.98 Å². The second kappa shape index (κ2) is 19.9. The zero-order valence-electron chi connectivity index (χ0n) is 21.3. The first-order valence-corrected chi connectivity index (χ1v) is 13.2. The van der Waals surface area contributed by atoms with Crippen molar-refractivity contribution in [3.8, 4) is 23.0 Å². The van der Waals surface area contributed by atoms with Crippen LogP contribution in [0, 0.1) is 10.2 Å². The van der Waals surface area contributed by atoms with Crippen molar-refractivity contribution >= 4 is 0 Å². The lowest BCUT2D eigenvalue weighted by Crippen LogP contribution is -2.68. The van der Waals surface area contributed by atoms with Crippen LogP contribution < -0.4 is 42.6 Å². The summed E-state index contributed by atoms with van der Waals surface area (Å²) in [6, 6.07) is 15.1. The van der Waals surface area contributed by atoms with Gasteiger partial charge in [-0.1, -0.05) is 24.3 Å². The van der Waals surface area contributed by atoms with Crippen LogP contribution in [0.4, 0.5) is 0 Å². The number of H-pyrrole nitrogens is 2. The van der Waals surface area contributed by atoms with Crippen molar-refractivity contribution in [2.45, 2.75) is 0 Å². The van der Waals surface area contributed by atoms with Crippen LogP contribution in [0.5, 0.6) is 23.0 Å². The van der Waals surface area contributed by atoms with Crippen molar-refractivity contribution in [3.63, 3.8) is 0 Å². The summed E-state index contributed by atoms with van der Waals surface area (Å²) < 4.78 is 73.7. The van der Waals surface area contributed by atoms with E-state index in [9.17, 15) is 0 Å². The maximum absolute atomic E-state index is 8.49. The molecule has 39 heavy (non-hydrogen) atoms. The van der Waals surface area contributed by atoms with Crippen molar-refractivity contribution in [2.24, 2.45) is 0 Å². The van der Waals surface area contributed by atoms with Crippen LogP contribution in [0.3, 0.4) is 0 Å². The zero-order chi connectivity index (χ0) is 28.0. The molecule has 0 fully saturated rings. The average molecular weight is 573 g/mol. The van der Waals surface area contributed by atoms with Crippen LogP contribution in [-0.4, -0.2) is 71.1 Å². The first kappa shape index (κ1) is 32.1. The molecule has 1 aliphatic heterocycles. The van der Waals surface area contributed by atoms with E-state index < -0.39 is 10.2 Å². The molecule has 216 valence electrons. The lowest BCUT2D eigenvalue weighted by atomic mass is 10.3. The molecule has 0 bridgehead atoms. The molecule has 0 saturated carbocycles. The minimum absolute atomic E-state index is 0.425. The highest BCUT2D eigenvalue weighted by atomic mass is 35.7. The van der Waals surface area contributed by atoms with E-state index in [2.05, 4.69) is 9.97 Å². The molecule has 0 amide bonds. The monoisotopic (exact) mass is 572 g/mol. The summed E-state index contributed by atoms with van der Waals surface area (Å²) in [5, 5.41) is 0. The summed E-state index contributed by atoms with van der Waals surface area (Å²) in [5.74, 6) is 2.76. The fourth-order valence-corrected chi connectivity index (χ4v) is 2.88. The Balaban J connectivity index is 0.000000449. The Hall–Kier alpha value is -3.14. The van der Waals surface area contributed by atoms with Crippen LogP contribution in [-0.2, 0) is 14.2 Å². The molecule has 0 atom stereocenters. The van der Waals surface area contributed by atoms with Crippen LogP contribution in [0.1, 0.15) is 0 Å². The van der Waals surface area contributed by atoms with E-state index in [1.807, 2.05) is 60.9 Å². The van der Waals surface area contributed by atoms with Crippen LogP contribution in [0.2, 0.25) is 0 Å². The summed E-state index contributed by atoms with van der Waals surface area (Å²) >= 11 is 0. The van der Waals surface area contributed by atoms with Gasteiger partial charge in [-0.2, -0.15) is 0 Å². The SMILES string of the molecule is [O-][Cl+3]([O-])([O-])[O-].c1c[nH+]c[nH]1.c1ccc2c(c1)OCCOCCOCCOc1ccccc1OCCOCCO2. The van der Waals surface area contributed by atoms with Gasteiger partial charge in [0.1, 0.15) is 38.8 Å². The molecule has 4 rings (SSSR count). The number of rotatable bonds is 0. The lowest BCUT2D eigenvalue weighted by molar-refractivity contribution is -2.00. The normalized spacial score (nSPS) is 15.7. The van der Waals surface area contributed by atoms with E-state index in [0.717, 1.165) is 0 Å². The molecule has 0 radical (unpaired) electrons. The molecule has 14 heteroatoms. The van der Waals surface area contributed by atoms with Gasteiger partial charge in [-0.05, 0) is 24.3 Å². The van der Waals surface area contributed by atoms with Gasteiger partial charge in [0, 0.05) is 0 Å². The Bertz CT molecular complexity index is 907. The molecular weight excluding hydrogens is 540 g/mol. The Morgan fingerprint density at radius 1 is 0.538 bits per heavy atom. The number of hydrogen-bond acceptors (Lipinski definition) is 11. The van der Waals surface area contributed by atoms with E-state index in [4.69, 9.17) is 51.8 Å². The van der Waals surface area contributed by atoms with Gasteiger partial charge in [-0.3, -0.25) is 9.97 Å². The Kier molecular flexibility index (Phi) is 16.3. The number of aromatic amines is 2. The quantitative estimate of drug-likeness (QED) is 0.315. The second-order valence-electron chi connectivity index (χ2n) is 7.31. The van der Waals surface area contributed by atoms with Gasteiger partial charge in [-0.25, -0.2) is 18.6 Å². The highest BCUT2D eigenvalue weighted by molar-refractivity contribution is 5.40. The second-order valence-corrected chi connectivity index (χ2v) is 8.07. The molecule has 2 N–H and O–H groups in total. The van der Waals surface area contributed by atoms with Gasteiger partial charge < -0.3 is 33.2 Å². The topological polar surface area (TPSA) is 187 Å². The number of aromatic nitrogens is 2. The van der Waals surface area contributed by atoms with Gasteiger partial charge in [-0.15, -0.1) is 10.2 Å². The van der Waals surface area contributed by atoms with Crippen LogP contribution in [0.15, 0.2) is 67.3 Å². The minimum atomic E-state index is -4.94. The molecule has 2 aromatic carbocycles. The highest BCUT2D eigenvalue weighted by Crippen LogP contribution is 2.27. The van der Waals surface area contributed by atoms with E-state index >= 15 is 0 Å². The predicted octanol–water partition coefficient (Wildman–Crippen LogP) is -1.96. The molecule has 3 aromatic rings. The number of fused-ring (bicyclic) bond motifs is 2. The number of hydrogen-bond donors (Lipinski definition) is 1. The number of para-hydroxylation sites is 4. The summed E-state index contributed by atoms with van der Waals surface area (Å²) in [6.07, 6.45) is 5.39.